The molecule has 1 aliphatic heterocycles. The lowest BCUT2D eigenvalue weighted by Gasteiger charge is -2.32. The Hall–Kier alpha value is -0.0800. The van der Waals surface area contributed by atoms with Crippen molar-refractivity contribution in [3.8, 4) is 0 Å². The van der Waals surface area contributed by atoms with Gasteiger partial charge in [-0.25, -0.2) is 0 Å². The normalized spacial score (nSPS) is 37.4. The maximum atomic E-state index is 3.68. The second kappa shape index (κ2) is 3.58. The molecule has 2 fully saturated rings. The zero-order valence-electron chi connectivity index (χ0n) is 8.97. The summed E-state index contributed by atoms with van der Waals surface area (Å²) in [4.78, 5) is 2.70. The van der Waals surface area contributed by atoms with Gasteiger partial charge in [-0.15, -0.1) is 0 Å². The van der Waals surface area contributed by atoms with Crippen LogP contribution in [0.2, 0.25) is 0 Å². The Morgan fingerprint density at radius 1 is 1.46 bits per heavy atom. The Bertz CT molecular complexity index is 177. The summed E-state index contributed by atoms with van der Waals surface area (Å²) < 4.78 is 0. The van der Waals surface area contributed by atoms with Crippen molar-refractivity contribution < 1.29 is 0 Å². The fourth-order valence-electron chi connectivity index (χ4n) is 2.24. The molecule has 1 N–H and O–H groups in total. The van der Waals surface area contributed by atoms with Crippen LogP contribution in [0.25, 0.3) is 0 Å². The van der Waals surface area contributed by atoms with Crippen LogP contribution >= 0.6 is 0 Å². The molecular formula is C11H22N2. The van der Waals surface area contributed by atoms with Crippen molar-refractivity contribution in [2.75, 3.05) is 19.6 Å². The first-order chi connectivity index (χ1) is 6.23. The highest BCUT2D eigenvalue weighted by Crippen LogP contribution is 2.29. The number of nitrogens with one attached hydrogen (secondary N) is 1. The largest absolute Gasteiger partial charge is 0.310 e. The van der Waals surface area contributed by atoms with Gasteiger partial charge in [0.15, 0.2) is 0 Å². The van der Waals surface area contributed by atoms with Crippen molar-refractivity contribution >= 4 is 0 Å². The Morgan fingerprint density at radius 3 is 2.85 bits per heavy atom. The van der Waals surface area contributed by atoms with E-state index in [0.717, 1.165) is 6.04 Å². The maximum absolute atomic E-state index is 3.68. The lowest BCUT2D eigenvalue weighted by Crippen LogP contribution is -2.48. The summed E-state index contributed by atoms with van der Waals surface area (Å²) in [5.74, 6) is 0. The molecule has 1 atom stereocenters. The molecule has 1 aliphatic carbocycles. The summed E-state index contributed by atoms with van der Waals surface area (Å²) in [5.41, 5.74) is 0.374. The van der Waals surface area contributed by atoms with Crippen LogP contribution in [0.4, 0.5) is 0 Å². The van der Waals surface area contributed by atoms with E-state index in [2.05, 4.69) is 24.1 Å². The van der Waals surface area contributed by atoms with E-state index >= 15 is 0 Å². The molecule has 1 heterocycles. The van der Waals surface area contributed by atoms with Crippen LogP contribution in [0.3, 0.4) is 0 Å². The summed E-state index contributed by atoms with van der Waals surface area (Å²) in [6, 6.07) is 0.936. The van der Waals surface area contributed by atoms with Crippen molar-refractivity contribution in [2.45, 2.75) is 51.1 Å². The molecule has 0 aromatic heterocycles. The molecule has 0 aromatic rings. The van der Waals surface area contributed by atoms with Gasteiger partial charge in [-0.1, -0.05) is 6.92 Å². The summed E-state index contributed by atoms with van der Waals surface area (Å²) in [5, 5.41) is 3.68. The first-order valence-electron chi connectivity index (χ1n) is 5.72. The highest BCUT2D eigenvalue weighted by molar-refractivity contribution is 4.94. The molecule has 2 aliphatic rings. The number of nitrogens with zero attached hydrogens (tertiary/aromatic N) is 1. The van der Waals surface area contributed by atoms with Gasteiger partial charge in [-0.05, 0) is 45.7 Å². The molecule has 1 unspecified atom stereocenters. The molecule has 2 rings (SSSR count). The number of hydrogen-bond acceptors (Lipinski definition) is 2. The van der Waals surface area contributed by atoms with E-state index in [0.29, 0.717) is 5.54 Å². The maximum Gasteiger partial charge on any atom is 0.0277 e. The molecule has 0 radical (unpaired) electrons. The van der Waals surface area contributed by atoms with Crippen LogP contribution in [-0.2, 0) is 0 Å². The smallest absolute Gasteiger partial charge is 0.0277 e. The third kappa shape index (κ3) is 2.23. The summed E-state index contributed by atoms with van der Waals surface area (Å²) in [6.45, 7) is 8.44. The minimum atomic E-state index is 0.374. The van der Waals surface area contributed by atoms with Gasteiger partial charge in [0.05, 0.1) is 0 Å². The second-order valence-corrected chi connectivity index (χ2v) is 4.90. The van der Waals surface area contributed by atoms with Crippen molar-refractivity contribution in [1.29, 1.82) is 0 Å². The topological polar surface area (TPSA) is 15.3 Å². The quantitative estimate of drug-likeness (QED) is 0.698. The minimum Gasteiger partial charge on any atom is -0.310 e. The van der Waals surface area contributed by atoms with Gasteiger partial charge >= 0.3 is 0 Å². The van der Waals surface area contributed by atoms with Crippen LogP contribution in [0, 0.1) is 0 Å². The van der Waals surface area contributed by atoms with Crippen molar-refractivity contribution in [3.63, 3.8) is 0 Å². The molecule has 1 saturated heterocycles. The Labute approximate surface area is 81.7 Å². The van der Waals surface area contributed by atoms with E-state index in [-0.39, 0.29) is 0 Å². The third-order valence-corrected chi connectivity index (χ3v) is 3.57. The average molecular weight is 182 g/mol. The molecule has 1 saturated carbocycles. The molecule has 2 nitrogen and oxygen atoms in total. The molecule has 0 amide bonds. The van der Waals surface area contributed by atoms with E-state index in [1.165, 1.54) is 45.3 Å². The highest BCUT2D eigenvalue weighted by atomic mass is 15.2. The van der Waals surface area contributed by atoms with Crippen molar-refractivity contribution in [1.82, 2.24) is 10.2 Å². The summed E-state index contributed by atoms with van der Waals surface area (Å²) in [7, 11) is 0. The standard InChI is InChI=1S/C11H22N2/c1-3-11(2)9-13(10-5-6-10)8-4-7-12-11/h10,12H,3-9H2,1-2H3. The second-order valence-electron chi connectivity index (χ2n) is 4.90. The molecule has 2 heteroatoms. The predicted molar refractivity (Wildman–Crippen MR) is 55.9 cm³/mol. The van der Waals surface area contributed by atoms with Crippen molar-refractivity contribution in [2.24, 2.45) is 0 Å². The molecule has 0 aromatic carbocycles. The predicted octanol–water partition coefficient (Wildman–Crippen LogP) is 1.61. The number of rotatable bonds is 2. The van der Waals surface area contributed by atoms with E-state index in [4.69, 9.17) is 0 Å². The number of hydrogen-bond donors (Lipinski definition) is 1. The fraction of sp³-hybridized carbons (Fsp3) is 1.00. The van der Waals surface area contributed by atoms with E-state index in [9.17, 15) is 0 Å². The van der Waals surface area contributed by atoms with Crippen LogP contribution in [0.1, 0.15) is 39.5 Å². The highest BCUT2D eigenvalue weighted by Gasteiger charge is 2.35. The summed E-state index contributed by atoms with van der Waals surface area (Å²) in [6.07, 6.45) is 5.46. The lowest BCUT2D eigenvalue weighted by atomic mass is 9.98. The van der Waals surface area contributed by atoms with Gasteiger partial charge in [-0.2, -0.15) is 0 Å². The van der Waals surface area contributed by atoms with Gasteiger partial charge in [0, 0.05) is 18.1 Å². The third-order valence-electron chi connectivity index (χ3n) is 3.57. The molecule has 76 valence electrons. The average Bonchev–Trinajstić information content (AvgIpc) is 2.90. The van der Waals surface area contributed by atoms with Crippen LogP contribution in [-0.4, -0.2) is 36.1 Å². The van der Waals surface area contributed by atoms with Gasteiger partial charge < -0.3 is 5.32 Å². The monoisotopic (exact) mass is 182 g/mol. The van der Waals surface area contributed by atoms with Gasteiger partial charge in [-0.3, -0.25) is 4.90 Å². The minimum absolute atomic E-state index is 0.374. The Morgan fingerprint density at radius 2 is 2.23 bits per heavy atom. The van der Waals surface area contributed by atoms with Gasteiger partial charge in [0.2, 0.25) is 0 Å². The van der Waals surface area contributed by atoms with Crippen molar-refractivity contribution in [3.05, 3.63) is 0 Å². The van der Waals surface area contributed by atoms with E-state index in [1.54, 1.807) is 0 Å². The van der Waals surface area contributed by atoms with E-state index < -0.39 is 0 Å². The Balaban J connectivity index is 1.97. The van der Waals surface area contributed by atoms with Crippen LogP contribution in [0.15, 0.2) is 0 Å². The molecule has 0 bridgehead atoms. The van der Waals surface area contributed by atoms with Gasteiger partial charge in [0.25, 0.3) is 0 Å². The first kappa shape index (κ1) is 9.47. The zero-order valence-corrected chi connectivity index (χ0v) is 8.97. The lowest BCUT2D eigenvalue weighted by molar-refractivity contribution is 0.207. The molecule has 13 heavy (non-hydrogen) atoms. The van der Waals surface area contributed by atoms with Crippen LogP contribution < -0.4 is 5.32 Å². The molecule has 0 spiro atoms. The SMILES string of the molecule is CCC1(C)CN(C2CC2)CCCN1. The molecular weight excluding hydrogens is 160 g/mol. The Kier molecular flexibility index (Phi) is 2.61. The van der Waals surface area contributed by atoms with Gasteiger partial charge in [0.1, 0.15) is 0 Å². The fourth-order valence-corrected chi connectivity index (χ4v) is 2.24. The first-order valence-corrected chi connectivity index (χ1v) is 5.72. The summed E-state index contributed by atoms with van der Waals surface area (Å²) >= 11 is 0. The zero-order chi connectivity index (χ0) is 9.31. The van der Waals surface area contributed by atoms with Crippen LogP contribution in [0.5, 0.6) is 0 Å². The van der Waals surface area contributed by atoms with E-state index in [1.807, 2.05) is 0 Å².